The predicted molar refractivity (Wildman–Crippen MR) is 79.9 cm³/mol. The zero-order valence-corrected chi connectivity index (χ0v) is 12.5. The second-order valence-electron chi connectivity index (χ2n) is 6.04. The van der Waals surface area contributed by atoms with Gasteiger partial charge in [-0.05, 0) is 37.0 Å². The van der Waals surface area contributed by atoms with Crippen molar-refractivity contribution >= 4 is 6.03 Å². The summed E-state index contributed by atoms with van der Waals surface area (Å²) in [4.78, 5) is 18.2. The van der Waals surface area contributed by atoms with Crippen LogP contribution in [0.5, 0.6) is 0 Å². The van der Waals surface area contributed by atoms with E-state index in [1.54, 1.807) is 19.5 Å². The first kappa shape index (κ1) is 14.3. The van der Waals surface area contributed by atoms with Crippen LogP contribution in [0, 0.1) is 11.8 Å². The highest BCUT2D eigenvalue weighted by Crippen LogP contribution is 2.38. The van der Waals surface area contributed by atoms with Gasteiger partial charge in [-0.3, -0.25) is 4.98 Å². The molecule has 114 valence electrons. The Morgan fingerprint density at radius 2 is 2.00 bits per heavy atom. The molecule has 1 N–H and O–H groups in total. The van der Waals surface area contributed by atoms with Crippen molar-refractivity contribution in [1.82, 2.24) is 15.2 Å². The molecule has 1 saturated heterocycles. The van der Waals surface area contributed by atoms with E-state index in [-0.39, 0.29) is 6.03 Å². The second kappa shape index (κ2) is 6.43. The molecule has 1 aromatic rings. The summed E-state index contributed by atoms with van der Waals surface area (Å²) in [7, 11) is 1.79. The molecule has 21 heavy (non-hydrogen) atoms. The number of amides is 2. The zero-order valence-electron chi connectivity index (χ0n) is 12.5. The molecule has 2 fully saturated rings. The lowest BCUT2D eigenvalue weighted by atomic mass is 9.95. The van der Waals surface area contributed by atoms with Gasteiger partial charge in [0.05, 0.1) is 6.10 Å². The van der Waals surface area contributed by atoms with Crippen LogP contribution in [0.15, 0.2) is 24.5 Å². The average molecular weight is 289 g/mol. The molecular weight excluding hydrogens is 266 g/mol. The van der Waals surface area contributed by atoms with Gasteiger partial charge in [-0.1, -0.05) is 0 Å². The summed E-state index contributed by atoms with van der Waals surface area (Å²) >= 11 is 0. The fraction of sp³-hybridized carbons (Fsp3) is 0.625. The standard InChI is InChI=1S/C16H23N3O2/c1-21-15-13-2-3-14(15)11-19(10-13)16(20)18-9-6-12-4-7-17-8-5-12/h4-5,7-8,13-15H,2-3,6,9-11H2,1H3,(H,18,20)/t13-,14+,15?. The molecule has 1 aromatic heterocycles. The minimum atomic E-state index is 0.0653. The van der Waals surface area contributed by atoms with Crippen LogP contribution in [0.1, 0.15) is 18.4 Å². The molecule has 1 unspecified atom stereocenters. The van der Waals surface area contributed by atoms with E-state index in [9.17, 15) is 4.79 Å². The molecule has 0 spiro atoms. The molecule has 0 radical (unpaired) electrons. The van der Waals surface area contributed by atoms with Crippen LogP contribution in [-0.2, 0) is 11.2 Å². The Bertz CT molecular complexity index is 466. The van der Waals surface area contributed by atoms with E-state index in [1.165, 1.54) is 18.4 Å². The van der Waals surface area contributed by atoms with Crippen LogP contribution in [0.3, 0.4) is 0 Å². The quantitative estimate of drug-likeness (QED) is 0.917. The highest BCUT2D eigenvalue weighted by Gasteiger charge is 2.43. The normalized spacial score (nSPS) is 27.7. The summed E-state index contributed by atoms with van der Waals surface area (Å²) in [5.41, 5.74) is 1.20. The van der Waals surface area contributed by atoms with Crippen molar-refractivity contribution in [3.8, 4) is 0 Å². The summed E-state index contributed by atoms with van der Waals surface area (Å²) in [5.74, 6) is 1.03. The first-order valence-corrected chi connectivity index (χ1v) is 7.72. The molecular formula is C16H23N3O2. The molecule has 3 rings (SSSR count). The molecule has 5 heteroatoms. The van der Waals surface area contributed by atoms with Crippen LogP contribution < -0.4 is 5.32 Å². The minimum Gasteiger partial charge on any atom is -0.381 e. The van der Waals surface area contributed by atoms with Crippen molar-refractivity contribution in [2.24, 2.45) is 11.8 Å². The summed E-state index contributed by atoms with van der Waals surface area (Å²) < 4.78 is 5.58. The van der Waals surface area contributed by atoms with Gasteiger partial charge in [-0.25, -0.2) is 4.79 Å². The number of rotatable bonds is 4. The van der Waals surface area contributed by atoms with Crippen LogP contribution in [0.25, 0.3) is 0 Å². The molecule has 0 aromatic carbocycles. The van der Waals surface area contributed by atoms with Gasteiger partial charge < -0.3 is 15.0 Å². The number of fused-ring (bicyclic) bond motifs is 2. The third kappa shape index (κ3) is 3.18. The fourth-order valence-corrected chi connectivity index (χ4v) is 3.70. The number of likely N-dealkylation sites (tertiary alicyclic amines) is 1. The summed E-state index contributed by atoms with van der Waals surface area (Å²) in [6.45, 7) is 2.33. The highest BCUT2D eigenvalue weighted by molar-refractivity contribution is 5.74. The van der Waals surface area contributed by atoms with E-state index < -0.39 is 0 Å². The molecule has 3 atom stereocenters. The number of hydrogen-bond acceptors (Lipinski definition) is 3. The lowest BCUT2D eigenvalue weighted by molar-refractivity contribution is -0.00503. The number of hydrogen-bond donors (Lipinski definition) is 1. The monoisotopic (exact) mass is 289 g/mol. The van der Waals surface area contributed by atoms with Crippen molar-refractivity contribution in [1.29, 1.82) is 0 Å². The molecule has 1 aliphatic carbocycles. The third-order valence-corrected chi connectivity index (χ3v) is 4.75. The van der Waals surface area contributed by atoms with Crippen molar-refractivity contribution in [3.05, 3.63) is 30.1 Å². The molecule has 2 bridgehead atoms. The topological polar surface area (TPSA) is 54.5 Å². The van der Waals surface area contributed by atoms with E-state index in [0.717, 1.165) is 19.5 Å². The first-order chi connectivity index (χ1) is 10.3. The van der Waals surface area contributed by atoms with Gasteiger partial charge in [-0.2, -0.15) is 0 Å². The first-order valence-electron chi connectivity index (χ1n) is 7.72. The third-order valence-electron chi connectivity index (χ3n) is 4.75. The Hall–Kier alpha value is -1.62. The predicted octanol–water partition coefficient (Wildman–Crippen LogP) is 1.69. The highest BCUT2D eigenvalue weighted by atomic mass is 16.5. The van der Waals surface area contributed by atoms with Gasteiger partial charge in [-0.15, -0.1) is 0 Å². The Labute approximate surface area is 125 Å². The summed E-state index contributed by atoms with van der Waals surface area (Å²) in [6.07, 6.45) is 7.13. The zero-order chi connectivity index (χ0) is 14.7. The maximum absolute atomic E-state index is 12.3. The molecule has 1 saturated carbocycles. The van der Waals surface area contributed by atoms with Crippen LogP contribution >= 0.6 is 0 Å². The van der Waals surface area contributed by atoms with Crippen molar-refractivity contribution < 1.29 is 9.53 Å². The fourth-order valence-electron chi connectivity index (χ4n) is 3.70. The molecule has 2 aliphatic rings. The van der Waals surface area contributed by atoms with Gasteiger partial charge >= 0.3 is 6.03 Å². The number of urea groups is 1. The number of methoxy groups -OCH3 is 1. The van der Waals surface area contributed by atoms with E-state index in [2.05, 4.69) is 10.3 Å². The number of pyridine rings is 1. The van der Waals surface area contributed by atoms with Crippen LogP contribution in [0.2, 0.25) is 0 Å². The van der Waals surface area contributed by atoms with Gasteiger partial charge in [0.1, 0.15) is 0 Å². The number of nitrogens with zero attached hydrogens (tertiary/aromatic N) is 2. The minimum absolute atomic E-state index is 0.0653. The number of aromatic nitrogens is 1. The van der Waals surface area contributed by atoms with E-state index in [0.29, 0.717) is 24.5 Å². The maximum atomic E-state index is 12.3. The number of carbonyl (C=O) groups excluding carboxylic acids is 1. The smallest absolute Gasteiger partial charge is 0.317 e. The second-order valence-corrected chi connectivity index (χ2v) is 6.04. The van der Waals surface area contributed by atoms with E-state index in [4.69, 9.17) is 4.74 Å². The maximum Gasteiger partial charge on any atom is 0.317 e. The number of ether oxygens (including phenoxy) is 1. The van der Waals surface area contributed by atoms with Crippen molar-refractivity contribution in [3.63, 3.8) is 0 Å². The van der Waals surface area contributed by atoms with Gasteiger partial charge in [0, 0.05) is 51.0 Å². The summed E-state index contributed by atoms with van der Waals surface area (Å²) in [5, 5.41) is 3.03. The molecule has 5 nitrogen and oxygen atoms in total. The number of nitrogens with one attached hydrogen (secondary N) is 1. The Kier molecular flexibility index (Phi) is 4.39. The largest absolute Gasteiger partial charge is 0.381 e. The average Bonchev–Trinajstić information content (AvgIpc) is 2.76. The van der Waals surface area contributed by atoms with E-state index >= 15 is 0 Å². The van der Waals surface area contributed by atoms with Crippen LogP contribution in [-0.4, -0.2) is 48.8 Å². The molecule has 1 aliphatic heterocycles. The van der Waals surface area contributed by atoms with Gasteiger partial charge in [0.25, 0.3) is 0 Å². The molecule has 2 amide bonds. The number of carbonyl (C=O) groups is 1. The van der Waals surface area contributed by atoms with Gasteiger partial charge in [0.2, 0.25) is 0 Å². The van der Waals surface area contributed by atoms with Crippen molar-refractivity contribution in [2.75, 3.05) is 26.7 Å². The molecule has 2 heterocycles. The van der Waals surface area contributed by atoms with E-state index in [1.807, 2.05) is 17.0 Å². The number of piperidine rings is 1. The van der Waals surface area contributed by atoms with Crippen LogP contribution in [0.4, 0.5) is 4.79 Å². The van der Waals surface area contributed by atoms with Crippen molar-refractivity contribution in [2.45, 2.75) is 25.4 Å². The van der Waals surface area contributed by atoms with Gasteiger partial charge in [0.15, 0.2) is 0 Å². The summed E-state index contributed by atoms with van der Waals surface area (Å²) in [6, 6.07) is 4.03. The Morgan fingerprint density at radius 3 is 2.62 bits per heavy atom. The lowest BCUT2D eigenvalue weighted by Gasteiger charge is -2.37. The Balaban J connectivity index is 1.46. The lowest BCUT2D eigenvalue weighted by Crippen LogP contribution is -2.51. The Morgan fingerprint density at radius 1 is 1.33 bits per heavy atom. The SMILES string of the molecule is COC1[C@@H]2CC[C@H]1CN(C(=O)NCCc1ccncc1)C2.